The third kappa shape index (κ3) is 4.66. The van der Waals surface area contributed by atoms with Crippen molar-refractivity contribution in [3.8, 4) is 0 Å². The highest BCUT2D eigenvalue weighted by atomic mass is 15.3. The van der Waals surface area contributed by atoms with Crippen LogP contribution in [0.1, 0.15) is 18.4 Å². The van der Waals surface area contributed by atoms with Crippen LogP contribution in [0.25, 0.3) is 0 Å². The largest absolute Gasteiger partial charge is 0.363 e. The smallest absolute Gasteiger partial charge is 0.227 e. The summed E-state index contributed by atoms with van der Waals surface area (Å²) in [6, 6.07) is 6.57. The molecule has 1 unspecified atom stereocenters. The summed E-state index contributed by atoms with van der Waals surface area (Å²) in [5.41, 5.74) is 1.31. The molecule has 0 saturated carbocycles. The fourth-order valence-electron chi connectivity index (χ4n) is 3.31. The van der Waals surface area contributed by atoms with Gasteiger partial charge in [-0.15, -0.1) is 0 Å². The average molecular weight is 340 g/mol. The zero-order valence-electron chi connectivity index (χ0n) is 15.5. The molecule has 2 aromatic rings. The predicted octanol–water partition coefficient (Wildman–Crippen LogP) is 2.08. The lowest BCUT2D eigenvalue weighted by molar-refractivity contribution is 0.208. The van der Waals surface area contributed by atoms with E-state index in [9.17, 15) is 0 Å². The first-order valence-corrected chi connectivity index (χ1v) is 8.98. The van der Waals surface area contributed by atoms with Crippen LogP contribution in [0.15, 0.2) is 36.8 Å². The molecule has 0 bridgehead atoms. The summed E-state index contributed by atoms with van der Waals surface area (Å²) < 4.78 is 0. The molecular formula is C19H28N6. The maximum absolute atomic E-state index is 4.68. The van der Waals surface area contributed by atoms with E-state index in [4.69, 9.17) is 0 Å². The van der Waals surface area contributed by atoms with Crippen LogP contribution in [0.4, 0.5) is 11.8 Å². The number of piperidine rings is 1. The first kappa shape index (κ1) is 17.6. The SMILES string of the molecule is CN(C)c1ccnc(N(C)C2CCCN(CCc3cccnc3)C2)n1. The Bertz CT molecular complexity index is 660. The van der Waals surface area contributed by atoms with E-state index in [1.165, 1.54) is 24.9 Å². The molecule has 1 aliphatic heterocycles. The van der Waals surface area contributed by atoms with Crippen LogP contribution in [0.5, 0.6) is 0 Å². The van der Waals surface area contributed by atoms with Gasteiger partial charge in [0, 0.05) is 58.9 Å². The monoisotopic (exact) mass is 340 g/mol. The van der Waals surface area contributed by atoms with Gasteiger partial charge < -0.3 is 14.7 Å². The average Bonchev–Trinajstić information content (AvgIpc) is 2.67. The van der Waals surface area contributed by atoms with Crippen LogP contribution in [0.3, 0.4) is 0 Å². The Labute approximate surface area is 150 Å². The summed E-state index contributed by atoms with van der Waals surface area (Å²) in [7, 11) is 6.13. The topological polar surface area (TPSA) is 48.4 Å². The number of pyridine rings is 1. The van der Waals surface area contributed by atoms with E-state index < -0.39 is 0 Å². The Morgan fingerprint density at radius 1 is 1.20 bits per heavy atom. The highest BCUT2D eigenvalue weighted by Crippen LogP contribution is 2.20. The van der Waals surface area contributed by atoms with Crippen molar-refractivity contribution >= 4 is 11.8 Å². The number of aromatic nitrogens is 3. The second kappa shape index (κ2) is 8.25. The summed E-state index contributed by atoms with van der Waals surface area (Å²) in [5.74, 6) is 1.76. The van der Waals surface area contributed by atoms with Gasteiger partial charge in [0.2, 0.25) is 5.95 Å². The van der Waals surface area contributed by atoms with Gasteiger partial charge in [0.1, 0.15) is 5.82 Å². The normalized spacial score (nSPS) is 18.1. The van der Waals surface area contributed by atoms with E-state index >= 15 is 0 Å². The molecule has 6 heteroatoms. The van der Waals surface area contributed by atoms with E-state index in [0.29, 0.717) is 6.04 Å². The molecule has 134 valence electrons. The number of hydrogen-bond acceptors (Lipinski definition) is 6. The molecule has 0 N–H and O–H groups in total. The Morgan fingerprint density at radius 2 is 2.08 bits per heavy atom. The molecule has 0 radical (unpaired) electrons. The molecule has 2 aromatic heterocycles. The maximum Gasteiger partial charge on any atom is 0.227 e. The molecule has 0 spiro atoms. The second-order valence-electron chi connectivity index (χ2n) is 6.93. The number of rotatable bonds is 6. The molecule has 1 aliphatic rings. The van der Waals surface area contributed by atoms with Crippen LogP contribution in [-0.2, 0) is 6.42 Å². The van der Waals surface area contributed by atoms with E-state index in [1.807, 2.05) is 49.7 Å². The van der Waals surface area contributed by atoms with Crippen LogP contribution < -0.4 is 9.80 Å². The van der Waals surface area contributed by atoms with Gasteiger partial charge in [-0.25, -0.2) is 4.98 Å². The van der Waals surface area contributed by atoms with Gasteiger partial charge in [0.05, 0.1) is 0 Å². The number of nitrogens with zero attached hydrogens (tertiary/aromatic N) is 6. The van der Waals surface area contributed by atoms with Crippen LogP contribution in [-0.4, -0.2) is 66.7 Å². The van der Waals surface area contributed by atoms with Crippen molar-refractivity contribution in [3.63, 3.8) is 0 Å². The van der Waals surface area contributed by atoms with Gasteiger partial charge in [-0.05, 0) is 43.5 Å². The van der Waals surface area contributed by atoms with Gasteiger partial charge in [-0.3, -0.25) is 4.98 Å². The fourth-order valence-corrected chi connectivity index (χ4v) is 3.31. The summed E-state index contributed by atoms with van der Waals surface area (Å²) in [6.07, 6.45) is 9.10. The Balaban J connectivity index is 1.59. The van der Waals surface area contributed by atoms with Crippen LogP contribution in [0.2, 0.25) is 0 Å². The highest BCUT2D eigenvalue weighted by Gasteiger charge is 2.24. The van der Waals surface area contributed by atoms with E-state index in [2.05, 4.69) is 37.9 Å². The molecule has 0 amide bonds. The standard InChI is InChI=1S/C19H28N6/c1-23(2)18-8-11-21-19(22-18)24(3)17-7-5-12-25(15-17)13-9-16-6-4-10-20-14-16/h4,6,8,10-11,14,17H,5,7,9,12-13,15H2,1-3H3. The number of likely N-dealkylation sites (tertiary alicyclic amines) is 1. The Hall–Kier alpha value is -2.21. The minimum atomic E-state index is 0.458. The first-order chi connectivity index (χ1) is 12.1. The van der Waals surface area contributed by atoms with Gasteiger partial charge in [-0.1, -0.05) is 6.07 Å². The van der Waals surface area contributed by atoms with Crippen molar-refractivity contribution in [1.82, 2.24) is 19.9 Å². The predicted molar refractivity (Wildman–Crippen MR) is 102 cm³/mol. The van der Waals surface area contributed by atoms with Crippen molar-refractivity contribution in [3.05, 3.63) is 42.4 Å². The van der Waals surface area contributed by atoms with Gasteiger partial charge in [-0.2, -0.15) is 4.98 Å². The van der Waals surface area contributed by atoms with E-state index in [1.54, 1.807) is 0 Å². The molecule has 3 heterocycles. The maximum atomic E-state index is 4.68. The third-order valence-corrected chi connectivity index (χ3v) is 4.87. The van der Waals surface area contributed by atoms with Crippen molar-refractivity contribution in [2.45, 2.75) is 25.3 Å². The van der Waals surface area contributed by atoms with Crippen molar-refractivity contribution in [1.29, 1.82) is 0 Å². The van der Waals surface area contributed by atoms with Crippen molar-refractivity contribution in [2.75, 3.05) is 50.6 Å². The van der Waals surface area contributed by atoms with Gasteiger partial charge in [0.15, 0.2) is 0 Å². The molecule has 0 aromatic carbocycles. The molecule has 1 fully saturated rings. The van der Waals surface area contributed by atoms with Gasteiger partial charge >= 0.3 is 0 Å². The molecule has 25 heavy (non-hydrogen) atoms. The molecule has 1 saturated heterocycles. The van der Waals surface area contributed by atoms with Crippen LogP contribution in [0, 0.1) is 0 Å². The number of hydrogen-bond donors (Lipinski definition) is 0. The zero-order valence-corrected chi connectivity index (χ0v) is 15.5. The molecule has 3 rings (SSSR count). The minimum Gasteiger partial charge on any atom is -0.363 e. The van der Waals surface area contributed by atoms with Gasteiger partial charge in [0.25, 0.3) is 0 Å². The third-order valence-electron chi connectivity index (χ3n) is 4.87. The molecular weight excluding hydrogens is 312 g/mol. The summed E-state index contributed by atoms with van der Waals surface area (Å²) in [6.45, 7) is 3.31. The second-order valence-corrected chi connectivity index (χ2v) is 6.93. The highest BCUT2D eigenvalue weighted by molar-refractivity contribution is 5.42. The summed E-state index contributed by atoms with van der Waals surface area (Å²) in [4.78, 5) is 20.2. The zero-order chi connectivity index (χ0) is 17.6. The fraction of sp³-hybridized carbons (Fsp3) is 0.526. The van der Waals surface area contributed by atoms with E-state index in [0.717, 1.165) is 31.3 Å². The first-order valence-electron chi connectivity index (χ1n) is 8.98. The lowest BCUT2D eigenvalue weighted by atomic mass is 10.0. The van der Waals surface area contributed by atoms with Crippen molar-refractivity contribution in [2.24, 2.45) is 0 Å². The lowest BCUT2D eigenvalue weighted by Gasteiger charge is -2.37. The quantitative estimate of drug-likeness (QED) is 0.802. The molecule has 6 nitrogen and oxygen atoms in total. The minimum absolute atomic E-state index is 0.458. The number of anilines is 2. The lowest BCUT2D eigenvalue weighted by Crippen LogP contribution is -2.47. The Kier molecular flexibility index (Phi) is 5.81. The number of likely N-dealkylation sites (N-methyl/N-ethyl adjacent to an activating group) is 1. The summed E-state index contributed by atoms with van der Waals surface area (Å²) >= 11 is 0. The van der Waals surface area contributed by atoms with E-state index in [-0.39, 0.29) is 0 Å². The summed E-state index contributed by atoms with van der Waals surface area (Å²) in [5, 5.41) is 0. The molecule has 0 aliphatic carbocycles. The Morgan fingerprint density at radius 3 is 2.84 bits per heavy atom. The van der Waals surface area contributed by atoms with Crippen LogP contribution >= 0.6 is 0 Å². The molecule has 1 atom stereocenters. The van der Waals surface area contributed by atoms with Crippen molar-refractivity contribution < 1.29 is 0 Å².